The van der Waals surface area contributed by atoms with Gasteiger partial charge in [-0.3, -0.25) is 4.98 Å². The van der Waals surface area contributed by atoms with Crippen LogP contribution in [0.25, 0.3) is 11.0 Å². The average molecular weight is 232 g/mol. The van der Waals surface area contributed by atoms with Gasteiger partial charge in [0.25, 0.3) is 0 Å². The lowest BCUT2D eigenvalue weighted by atomic mass is 9.84. The third kappa shape index (κ3) is 2.82. The zero-order chi connectivity index (χ0) is 12.5. The fourth-order valence-electron chi connectivity index (χ4n) is 2.10. The lowest BCUT2D eigenvalue weighted by Crippen LogP contribution is -2.20. The largest absolute Gasteiger partial charge is 0.340 e. The number of imidazole rings is 1. The molecule has 2 aromatic heterocycles. The number of H-pyrrole nitrogens is 1. The maximum Gasteiger partial charge on any atom is 0.111 e. The number of nitrogens with one attached hydrogen (secondary N) is 1. The van der Waals surface area contributed by atoms with E-state index in [-0.39, 0.29) is 11.3 Å². The van der Waals surface area contributed by atoms with Gasteiger partial charge in [0.2, 0.25) is 0 Å². The summed E-state index contributed by atoms with van der Waals surface area (Å²) in [5.74, 6) is 1.26. The summed E-state index contributed by atoms with van der Waals surface area (Å²) in [5, 5.41) is 0. The molecule has 4 nitrogen and oxygen atoms in total. The van der Waals surface area contributed by atoms with Crippen molar-refractivity contribution in [3.63, 3.8) is 0 Å². The Kier molecular flexibility index (Phi) is 3.15. The molecule has 0 aliphatic carbocycles. The molecular formula is C13H20N4. The second kappa shape index (κ2) is 4.45. The maximum absolute atomic E-state index is 5.86. The minimum Gasteiger partial charge on any atom is -0.340 e. The first-order chi connectivity index (χ1) is 7.99. The van der Waals surface area contributed by atoms with Crippen molar-refractivity contribution in [2.24, 2.45) is 11.1 Å². The number of fused-ring (bicyclic) bond motifs is 1. The Morgan fingerprint density at radius 3 is 2.76 bits per heavy atom. The van der Waals surface area contributed by atoms with Crippen LogP contribution in [0.5, 0.6) is 0 Å². The summed E-state index contributed by atoms with van der Waals surface area (Å²) in [6.07, 6.45) is 4.58. The fourth-order valence-corrected chi connectivity index (χ4v) is 2.10. The highest BCUT2D eigenvalue weighted by molar-refractivity contribution is 5.73. The second-order valence-corrected chi connectivity index (χ2v) is 5.71. The van der Waals surface area contributed by atoms with Crippen LogP contribution in [0.3, 0.4) is 0 Å². The van der Waals surface area contributed by atoms with E-state index in [1.165, 1.54) is 0 Å². The molecule has 0 aromatic carbocycles. The molecule has 0 saturated heterocycles. The summed E-state index contributed by atoms with van der Waals surface area (Å²) in [4.78, 5) is 12.0. The molecule has 0 bridgehead atoms. The summed E-state index contributed by atoms with van der Waals surface area (Å²) in [7, 11) is 0. The Morgan fingerprint density at radius 2 is 2.18 bits per heavy atom. The molecule has 17 heavy (non-hydrogen) atoms. The van der Waals surface area contributed by atoms with E-state index in [2.05, 4.69) is 35.7 Å². The number of aromatic nitrogens is 3. The van der Waals surface area contributed by atoms with E-state index in [4.69, 9.17) is 5.73 Å². The number of hydrogen-bond acceptors (Lipinski definition) is 3. The first-order valence-corrected chi connectivity index (χ1v) is 5.99. The monoisotopic (exact) mass is 232 g/mol. The average Bonchev–Trinajstić information content (AvgIpc) is 2.67. The highest BCUT2D eigenvalue weighted by Gasteiger charge is 2.21. The maximum atomic E-state index is 5.86. The second-order valence-electron chi connectivity index (χ2n) is 5.71. The predicted octanol–water partition coefficient (Wildman–Crippen LogP) is 2.44. The van der Waals surface area contributed by atoms with Gasteiger partial charge in [-0.05, 0) is 17.9 Å². The van der Waals surface area contributed by atoms with Gasteiger partial charge in [0.05, 0.1) is 17.2 Å². The number of hydrogen-bond donors (Lipinski definition) is 2. The number of nitrogens with zero attached hydrogens (tertiary/aromatic N) is 2. The molecule has 0 aliphatic rings. The zero-order valence-corrected chi connectivity index (χ0v) is 10.7. The topological polar surface area (TPSA) is 67.6 Å². The molecule has 92 valence electrons. The highest BCUT2D eigenvalue weighted by atomic mass is 14.9. The first-order valence-electron chi connectivity index (χ1n) is 5.99. The van der Waals surface area contributed by atoms with Crippen LogP contribution in [0.4, 0.5) is 0 Å². The Morgan fingerprint density at radius 1 is 1.41 bits per heavy atom. The Labute approximate surface area is 102 Å². The van der Waals surface area contributed by atoms with Crippen LogP contribution in [-0.4, -0.2) is 21.5 Å². The van der Waals surface area contributed by atoms with E-state index in [1.807, 2.05) is 6.07 Å². The van der Waals surface area contributed by atoms with Crippen molar-refractivity contribution in [1.29, 1.82) is 0 Å². The normalized spacial score (nSPS) is 14.1. The molecule has 2 aromatic rings. The minimum atomic E-state index is 0.251. The summed E-state index contributed by atoms with van der Waals surface area (Å²) in [6, 6.07) is 1.92. The van der Waals surface area contributed by atoms with Crippen LogP contribution in [0.15, 0.2) is 18.5 Å². The van der Waals surface area contributed by atoms with Crippen molar-refractivity contribution in [3.05, 3.63) is 24.3 Å². The molecule has 2 rings (SSSR count). The van der Waals surface area contributed by atoms with Gasteiger partial charge in [-0.2, -0.15) is 0 Å². The smallest absolute Gasteiger partial charge is 0.111 e. The Hall–Kier alpha value is -1.42. The van der Waals surface area contributed by atoms with Crippen LogP contribution < -0.4 is 5.73 Å². The summed E-state index contributed by atoms with van der Waals surface area (Å²) < 4.78 is 0. The van der Waals surface area contributed by atoms with E-state index in [9.17, 15) is 0 Å². The molecule has 0 spiro atoms. The van der Waals surface area contributed by atoms with Crippen molar-refractivity contribution in [1.82, 2.24) is 15.0 Å². The number of rotatable bonds is 3. The molecule has 0 amide bonds. The number of pyridine rings is 1. The van der Waals surface area contributed by atoms with Crippen molar-refractivity contribution in [3.8, 4) is 0 Å². The number of aromatic amines is 1. The quantitative estimate of drug-likeness (QED) is 0.854. The standard InChI is InChI=1S/C13H20N4/c1-13(2,3)6-9(7-14)12-16-10-4-5-15-8-11(10)17-12/h4-5,8-9H,6-7,14H2,1-3H3,(H,16,17). The van der Waals surface area contributed by atoms with Gasteiger partial charge in [-0.1, -0.05) is 20.8 Å². The van der Waals surface area contributed by atoms with Gasteiger partial charge in [0, 0.05) is 18.7 Å². The lowest BCUT2D eigenvalue weighted by Gasteiger charge is -2.23. The first kappa shape index (κ1) is 12.0. The summed E-state index contributed by atoms with van der Waals surface area (Å²) >= 11 is 0. The zero-order valence-electron chi connectivity index (χ0n) is 10.7. The van der Waals surface area contributed by atoms with Gasteiger partial charge < -0.3 is 10.7 Å². The van der Waals surface area contributed by atoms with E-state index >= 15 is 0 Å². The summed E-state index contributed by atoms with van der Waals surface area (Å²) in [6.45, 7) is 7.28. The molecule has 1 atom stereocenters. The van der Waals surface area contributed by atoms with Crippen LogP contribution in [-0.2, 0) is 0 Å². The number of nitrogens with two attached hydrogens (primary N) is 1. The molecule has 2 heterocycles. The van der Waals surface area contributed by atoms with Crippen LogP contribution >= 0.6 is 0 Å². The highest BCUT2D eigenvalue weighted by Crippen LogP contribution is 2.29. The SMILES string of the molecule is CC(C)(C)CC(CN)c1nc2ccncc2[nH]1. The Balaban J connectivity index is 2.30. The minimum absolute atomic E-state index is 0.251. The summed E-state index contributed by atoms with van der Waals surface area (Å²) in [5.41, 5.74) is 8.05. The molecule has 0 aliphatic heterocycles. The van der Waals surface area contributed by atoms with Crippen molar-refractivity contribution >= 4 is 11.0 Å². The van der Waals surface area contributed by atoms with Gasteiger partial charge in [-0.15, -0.1) is 0 Å². The van der Waals surface area contributed by atoms with Crippen LogP contribution in [0.1, 0.15) is 38.9 Å². The molecule has 1 unspecified atom stereocenters. The van der Waals surface area contributed by atoms with Gasteiger partial charge in [0.15, 0.2) is 0 Å². The third-order valence-corrected chi connectivity index (χ3v) is 2.83. The predicted molar refractivity (Wildman–Crippen MR) is 69.8 cm³/mol. The molecule has 0 saturated carbocycles. The molecular weight excluding hydrogens is 212 g/mol. The van der Waals surface area contributed by atoms with Crippen molar-refractivity contribution < 1.29 is 0 Å². The van der Waals surface area contributed by atoms with Crippen LogP contribution in [0.2, 0.25) is 0 Å². The molecule has 4 heteroatoms. The van der Waals surface area contributed by atoms with Gasteiger partial charge in [0.1, 0.15) is 5.82 Å². The van der Waals surface area contributed by atoms with Gasteiger partial charge >= 0.3 is 0 Å². The van der Waals surface area contributed by atoms with E-state index in [1.54, 1.807) is 12.4 Å². The van der Waals surface area contributed by atoms with E-state index in [0.29, 0.717) is 6.54 Å². The molecule has 3 N–H and O–H groups in total. The van der Waals surface area contributed by atoms with Crippen molar-refractivity contribution in [2.75, 3.05) is 6.54 Å². The van der Waals surface area contributed by atoms with Gasteiger partial charge in [-0.25, -0.2) is 4.98 Å². The lowest BCUT2D eigenvalue weighted by molar-refractivity contribution is 0.337. The van der Waals surface area contributed by atoms with E-state index in [0.717, 1.165) is 23.3 Å². The third-order valence-electron chi connectivity index (χ3n) is 2.83. The van der Waals surface area contributed by atoms with Crippen molar-refractivity contribution in [2.45, 2.75) is 33.1 Å². The van der Waals surface area contributed by atoms with Crippen LogP contribution in [0, 0.1) is 5.41 Å². The Bertz CT molecular complexity index is 462. The fraction of sp³-hybridized carbons (Fsp3) is 0.538. The molecule has 0 fully saturated rings. The molecule has 0 radical (unpaired) electrons. The van der Waals surface area contributed by atoms with E-state index < -0.39 is 0 Å².